The van der Waals surface area contributed by atoms with Gasteiger partial charge in [0.25, 0.3) is 0 Å². The molecule has 0 aliphatic carbocycles. The summed E-state index contributed by atoms with van der Waals surface area (Å²) in [7, 11) is -1.55. The van der Waals surface area contributed by atoms with Gasteiger partial charge < -0.3 is 0 Å². The van der Waals surface area contributed by atoms with Crippen LogP contribution in [-0.4, -0.2) is 37.5 Å². The molecule has 0 saturated heterocycles. The van der Waals surface area contributed by atoms with Crippen LogP contribution in [0.2, 0.25) is 0 Å². The van der Waals surface area contributed by atoms with Gasteiger partial charge in [0.05, 0.1) is 0 Å². The Labute approximate surface area is 288 Å². The van der Waals surface area contributed by atoms with Crippen molar-refractivity contribution in [2.24, 2.45) is 0 Å². The summed E-state index contributed by atoms with van der Waals surface area (Å²) in [5, 5.41) is 7.94. The molecular formula is C46H42S2. The van der Waals surface area contributed by atoms with Crippen molar-refractivity contribution in [3.05, 3.63) is 146 Å². The van der Waals surface area contributed by atoms with Crippen molar-refractivity contribution in [1.29, 1.82) is 0 Å². The number of hydrogen-bond donors (Lipinski definition) is 0. The lowest BCUT2D eigenvalue weighted by atomic mass is 9.90. The highest BCUT2D eigenvalue weighted by Crippen LogP contribution is 2.47. The van der Waals surface area contributed by atoms with E-state index < -0.39 is 20.1 Å². The Morgan fingerprint density at radius 2 is 0.562 bits per heavy atom. The fraction of sp³-hybridized carbons (Fsp3) is 0.130. The first-order valence-electron chi connectivity index (χ1n) is 16.5. The van der Waals surface area contributed by atoms with Gasteiger partial charge in [-0.05, 0) is 179 Å². The minimum absolute atomic E-state index is 0.773. The molecule has 0 radical (unpaired) electrons. The molecule has 0 spiro atoms. The molecule has 0 atom stereocenters. The average molecular weight is 659 g/mol. The highest BCUT2D eigenvalue weighted by atomic mass is 32.3. The maximum absolute atomic E-state index is 2.36. The molecule has 0 aliphatic rings. The Morgan fingerprint density at radius 3 is 0.917 bits per heavy atom. The second-order valence-corrected chi connectivity index (χ2v) is 22.9. The lowest BCUT2D eigenvalue weighted by Crippen LogP contribution is -1.93. The van der Waals surface area contributed by atoms with Gasteiger partial charge in [-0.3, -0.25) is 0 Å². The molecule has 8 rings (SSSR count). The average Bonchev–Trinajstić information content (AvgIpc) is 3.10. The second-order valence-electron chi connectivity index (χ2n) is 14.6. The predicted molar refractivity (Wildman–Crippen MR) is 219 cm³/mol. The molecule has 48 heavy (non-hydrogen) atoms. The third kappa shape index (κ3) is 5.68. The smallest absolute Gasteiger partial charge is 0.00264 e. The summed E-state index contributed by atoms with van der Waals surface area (Å²) < 4.78 is 0. The van der Waals surface area contributed by atoms with Crippen molar-refractivity contribution in [3.8, 4) is 44.5 Å². The van der Waals surface area contributed by atoms with E-state index in [1.54, 1.807) is 0 Å². The van der Waals surface area contributed by atoms with E-state index in [-0.39, 0.29) is 0 Å². The molecule has 0 unspecified atom stereocenters. The topological polar surface area (TPSA) is 0 Å². The maximum Gasteiger partial charge on any atom is -0.00264 e. The Balaban J connectivity index is 1.20. The molecule has 238 valence electrons. The van der Waals surface area contributed by atoms with Gasteiger partial charge in [-0.25, -0.2) is 20.1 Å². The Hall–Kier alpha value is -4.50. The summed E-state index contributed by atoms with van der Waals surface area (Å²) >= 11 is 0. The molecule has 0 amide bonds. The first-order valence-corrected chi connectivity index (χ1v) is 22.2. The largest absolute Gasteiger partial charge is 0.223 e. The maximum atomic E-state index is 2.36. The minimum atomic E-state index is -0.773. The molecule has 8 aromatic carbocycles. The Bertz CT molecular complexity index is 2280. The van der Waals surface area contributed by atoms with Crippen LogP contribution in [0.25, 0.3) is 76.8 Å². The summed E-state index contributed by atoms with van der Waals surface area (Å²) in [5.41, 5.74) is 9.97. The third-order valence-electron chi connectivity index (χ3n) is 9.74. The van der Waals surface area contributed by atoms with Crippen LogP contribution in [0.1, 0.15) is 0 Å². The van der Waals surface area contributed by atoms with Gasteiger partial charge in [0.15, 0.2) is 0 Å². The van der Waals surface area contributed by atoms with Crippen LogP contribution < -0.4 is 0 Å². The van der Waals surface area contributed by atoms with Crippen molar-refractivity contribution in [2.75, 3.05) is 37.5 Å². The van der Waals surface area contributed by atoms with Gasteiger partial charge in [-0.2, -0.15) is 0 Å². The summed E-state index contributed by atoms with van der Waals surface area (Å²) in [6, 6.07) is 55.1. The first kappa shape index (κ1) is 30.8. The summed E-state index contributed by atoms with van der Waals surface area (Å²) in [6.45, 7) is 0. The summed E-state index contributed by atoms with van der Waals surface area (Å²) in [6.07, 6.45) is 14.1. The van der Waals surface area contributed by atoms with Gasteiger partial charge in [0, 0.05) is 0 Å². The zero-order chi connectivity index (χ0) is 33.2. The molecule has 0 aliphatic heterocycles. The molecule has 0 nitrogen and oxygen atoms in total. The second kappa shape index (κ2) is 11.6. The SMILES string of the molecule is CS(C)(C)c1ccc(-c2cc(-c3ccc(-c4cc5ccc6cccc7ccc(c4)c5c67)cc3)cc(-c3ccc(S(C)(C)C)cc3)c2)cc1. The van der Waals surface area contributed by atoms with E-state index in [0.717, 1.165) is 0 Å². The van der Waals surface area contributed by atoms with E-state index in [4.69, 9.17) is 0 Å². The normalized spacial score (nSPS) is 13.0. The standard InChI is InChI=1S/C46H42S2/c1-47(2,3)43-22-18-33(19-23-43)41-28-40(29-42(30-41)34-20-24-44(25-21-34)48(4,5)6)32-12-10-31(11-13-32)39-26-37-16-14-35-8-7-9-36-15-17-38(27-39)46(37)45(35)36/h7-30H,1-6H3. The van der Waals surface area contributed by atoms with Gasteiger partial charge in [-0.1, -0.05) is 91.0 Å². The van der Waals surface area contributed by atoms with E-state index >= 15 is 0 Å². The van der Waals surface area contributed by atoms with Crippen molar-refractivity contribution in [3.63, 3.8) is 0 Å². The van der Waals surface area contributed by atoms with Gasteiger partial charge >= 0.3 is 0 Å². The Kier molecular flexibility index (Phi) is 7.43. The monoisotopic (exact) mass is 658 g/mol. The molecule has 2 heteroatoms. The van der Waals surface area contributed by atoms with Crippen LogP contribution in [0.4, 0.5) is 0 Å². The highest BCUT2D eigenvalue weighted by Gasteiger charge is 2.14. The van der Waals surface area contributed by atoms with Gasteiger partial charge in [0.2, 0.25) is 0 Å². The summed E-state index contributed by atoms with van der Waals surface area (Å²) in [5.74, 6) is 0. The Morgan fingerprint density at radius 1 is 0.271 bits per heavy atom. The van der Waals surface area contributed by atoms with Crippen molar-refractivity contribution >= 4 is 52.4 Å². The highest BCUT2D eigenvalue weighted by molar-refractivity contribution is 8.32. The molecule has 0 heterocycles. The van der Waals surface area contributed by atoms with Crippen molar-refractivity contribution < 1.29 is 0 Å². The van der Waals surface area contributed by atoms with Gasteiger partial charge in [0.1, 0.15) is 0 Å². The lowest BCUT2D eigenvalue weighted by molar-refractivity contribution is 1.42. The summed E-state index contributed by atoms with van der Waals surface area (Å²) in [4.78, 5) is 2.87. The fourth-order valence-corrected chi connectivity index (χ4v) is 8.92. The molecule has 8 aromatic rings. The van der Waals surface area contributed by atoms with Crippen LogP contribution in [0, 0.1) is 0 Å². The third-order valence-corrected chi connectivity index (χ3v) is 13.1. The lowest BCUT2D eigenvalue weighted by Gasteiger charge is -2.26. The van der Waals surface area contributed by atoms with E-state index in [1.807, 2.05) is 0 Å². The molecule has 0 fully saturated rings. The van der Waals surface area contributed by atoms with Crippen molar-refractivity contribution in [2.45, 2.75) is 9.79 Å². The number of rotatable bonds is 6. The van der Waals surface area contributed by atoms with E-state index in [9.17, 15) is 0 Å². The minimum Gasteiger partial charge on any atom is -0.223 e. The number of hydrogen-bond acceptors (Lipinski definition) is 0. The fourth-order valence-electron chi connectivity index (χ4n) is 7.01. The van der Waals surface area contributed by atoms with Gasteiger partial charge in [-0.15, -0.1) is 0 Å². The molecule has 0 bridgehead atoms. The zero-order valence-electron chi connectivity index (χ0n) is 28.7. The van der Waals surface area contributed by atoms with Crippen LogP contribution in [0.3, 0.4) is 0 Å². The first-order chi connectivity index (χ1) is 23.0. The molecule has 0 aromatic heterocycles. The molecule has 0 N–H and O–H groups in total. The molecular weight excluding hydrogens is 617 g/mol. The van der Waals surface area contributed by atoms with E-state index in [2.05, 4.69) is 183 Å². The van der Waals surface area contributed by atoms with Crippen LogP contribution in [-0.2, 0) is 0 Å². The van der Waals surface area contributed by atoms with Crippen LogP contribution in [0.15, 0.2) is 155 Å². The van der Waals surface area contributed by atoms with Crippen LogP contribution >= 0.6 is 20.1 Å². The van der Waals surface area contributed by atoms with E-state index in [1.165, 1.54) is 86.6 Å². The predicted octanol–water partition coefficient (Wildman–Crippen LogP) is 13.4. The molecule has 0 saturated carbocycles. The zero-order valence-corrected chi connectivity index (χ0v) is 30.3. The van der Waals surface area contributed by atoms with Crippen LogP contribution in [0.5, 0.6) is 0 Å². The van der Waals surface area contributed by atoms with E-state index in [0.29, 0.717) is 0 Å². The quantitative estimate of drug-likeness (QED) is 0.156. The number of benzene rings is 8. The van der Waals surface area contributed by atoms with Crippen molar-refractivity contribution in [1.82, 2.24) is 0 Å².